The summed E-state index contributed by atoms with van der Waals surface area (Å²) in [6.07, 6.45) is 4.14. The summed E-state index contributed by atoms with van der Waals surface area (Å²) >= 11 is 0. The Balaban J connectivity index is 1.57. The standard InChI is InChI=1S/C26H29N3O6/c1-6-29(14-24-27-19-13-23(34-5)22(33-4)12-18(19)26(31)28-24)25(30)8-7-16-10-21-17(9-15(2)35-21)11-20(16)32-3/h7-8,10-13,15H,6,9,14H2,1-5H3,(H,27,28,31)/b8-7+. The second-order valence-electron chi connectivity index (χ2n) is 8.26. The van der Waals surface area contributed by atoms with E-state index in [0.717, 1.165) is 23.3 Å². The molecule has 0 aliphatic carbocycles. The molecule has 1 amide bonds. The summed E-state index contributed by atoms with van der Waals surface area (Å²) in [5.74, 6) is 2.55. The lowest BCUT2D eigenvalue weighted by Crippen LogP contribution is -2.30. The highest BCUT2D eigenvalue weighted by Gasteiger charge is 2.21. The Morgan fingerprint density at radius 2 is 1.86 bits per heavy atom. The van der Waals surface area contributed by atoms with Gasteiger partial charge in [0.05, 0.1) is 38.8 Å². The second kappa shape index (κ2) is 10.1. The molecule has 1 aromatic heterocycles. The van der Waals surface area contributed by atoms with E-state index in [9.17, 15) is 9.59 Å². The average Bonchev–Trinajstić information content (AvgIpc) is 3.22. The van der Waals surface area contributed by atoms with Gasteiger partial charge in [0.15, 0.2) is 11.5 Å². The summed E-state index contributed by atoms with van der Waals surface area (Å²) in [5, 5.41) is 0.376. The highest BCUT2D eigenvalue weighted by Crippen LogP contribution is 2.35. The number of ether oxygens (including phenoxy) is 4. The van der Waals surface area contributed by atoms with Gasteiger partial charge in [0.2, 0.25) is 5.91 Å². The van der Waals surface area contributed by atoms with Crippen LogP contribution in [-0.2, 0) is 17.8 Å². The van der Waals surface area contributed by atoms with Crippen LogP contribution < -0.4 is 24.5 Å². The number of nitrogens with zero attached hydrogens (tertiary/aromatic N) is 2. The van der Waals surface area contributed by atoms with Crippen molar-refractivity contribution < 1.29 is 23.7 Å². The lowest BCUT2D eigenvalue weighted by atomic mass is 10.1. The number of amides is 1. The van der Waals surface area contributed by atoms with Gasteiger partial charge in [0, 0.05) is 36.2 Å². The van der Waals surface area contributed by atoms with E-state index in [0.29, 0.717) is 40.5 Å². The fourth-order valence-electron chi connectivity index (χ4n) is 4.14. The SMILES string of the molecule is CCN(Cc1nc2cc(OC)c(OC)cc2c(=O)[nH]1)C(=O)/C=C/c1cc2c(cc1OC)CC(C)O2. The Kier molecular flexibility index (Phi) is 6.95. The van der Waals surface area contributed by atoms with Gasteiger partial charge in [0.1, 0.15) is 23.4 Å². The number of likely N-dealkylation sites (N-methyl/N-ethyl adjacent to an activating group) is 1. The summed E-state index contributed by atoms with van der Waals surface area (Å²) in [6, 6.07) is 7.08. The summed E-state index contributed by atoms with van der Waals surface area (Å²) in [7, 11) is 4.62. The lowest BCUT2D eigenvalue weighted by molar-refractivity contribution is -0.126. The predicted molar refractivity (Wildman–Crippen MR) is 132 cm³/mol. The number of carbonyl (C=O) groups excluding carboxylic acids is 1. The molecule has 1 aliphatic heterocycles. The van der Waals surface area contributed by atoms with Gasteiger partial charge in [0.25, 0.3) is 5.56 Å². The fraction of sp³-hybridized carbons (Fsp3) is 0.346. The van der Waals surface area contributed by atoms with Crippen LogP contribution in [0.1, 0.15) is 30.8 Å². The monoisotopic (exact) mass is 479 g/mol. The first kappa shape index (κ1) is 24.1. The number of aromatic nitrogens is 2. The zero-order chi connectivity index (χ0) is 25.1. The van der Waals surface area contributed by atoms with Gasteiger partial charge < -0.3 is 28.8 Å². The van der Waals surface area contributed by atoms with Crippen LogP contribution in [0.25, 0.3) is 17.0 Å². The zero-order valence-corrected chi connectivity index (χ0v) is 20.5. The Bertz CT molecular complexity index is 1350. The summed E-state index contributed by atoms with van der Waals surface area (Å²) in [6.45, 7) is 4.45. The van der Waals surface area contributed by atoms with E-state index in [-0.39, 0.29) is 24.1 Å². The third-order valence-corrected chi connectivity index (χ3v) is 5.95. The van der Waals surface area contributed by atoms with Crippen molar-refractivity contribution in [3.05, 3.63) is 57.6 Å². The molecule has 1 unspecified atom stereocenters. The molecule has 0 fully saturated rings. The van der Waals surface area contributed by atoms with E-state index in [1.54, 1.807) is 30.2 Å². The van der Waals surface area contributed by atoms with Crippen molar-refractivity contribution in [2.45, 2.75) is 32.9 Å². The van der Waals surface area contributed by atoms with Crippen LogP contribution in [0.15, 0.2) is 35.1 Å². The molecule has 0 radical (unpaired) electrons. The number of aromatic amines is 1. The molecule has 3 aromatic rings. The minimum atomic E-state index is -0.317. The number of hydrogen-bond acceptors (Lipinski definition) is 7. The molecule has 35 heavy (non-hydrogen) atoms. The maximum atomic E-state index is 13.0. The van der Waals surface area contributed by atoms with E-state index in [1.165, 1.54) is 20.3 Å². The molecular formula is C26H29N3O6. The van der Waals surface area contributed by atoms with Crippen molar-refractivity contribution in [2.75, 3.05) is 27.9 Å². The first-order valence-electron chi connectivity index (χ1n) is 11.4. The van der Waals surface area contributed by atoms with E-state index in [4.69, 9.17) is 18.9 Å². The lowest BCUT2D eigenvalue weighted by Gasteiger charge is -2.19. The number of hydrogen-bond donors (Lipinski definition) is 1. The topological polar surface area (TPSA) is 103 Å². The van der Waals surface area contributed by atoms with Gasteiger partial charge in [-0.1, -0.05) is 0 Å². The number of methoxy groups -OCH3 is 3. The van der Waals surface area contributed by atoms with E-state index >= 15 is 0 Å². The first-order valence-corrected chi connectivity index (χ1v) is 11.4. The molecular weight excluding hydrogens is 450 g/mol. The van der Waals surface area contributed by atoms with E-state index < -0.39 is 0 Å². The quantitative estimate of drug-likeness (QED) is 0.494. The Morgan fingerprint density at radius 1 is 1.14 bits per heavy atom. The number of carbonyl (C=O) groups is 1. The third kappa shape index (κ3) is 4.94. The van der Waals surface area contributed by atoms with Gasteiger partial charge in [-0.2, -0.15) is 0 Å². The minimum absolute atomic E-state index is 0.115. The van der Waals surface area contributed by atoms with Crippen molar-refractivity contribution in [1.82, 2.24) is 14.9 Å². The highest BCUT2D eigenvalue weighted by atomic mass is 16.5. The molecule has 9 heteroatoms. The molecule has 4 rings (SSSR count). The number of benzene rings is 2. The van der Waals surface area contributed by atoms with Crippen LogP contribution in [0, 0.1) is 0 Å². The smallest absolute Gasteiger partial charge is 0.258 e. The van der Waals surface area contributed by atoms with Gasteiger partial charge >= 0.3 is 0 Å². The number of fused-ring (bicyclic) bond motifs is 2. The summed E-state index contributed by atoms with van der Waals surface area (Å²) in [5.41, 5.74) is 1.98. The van der Waals surface area contributed by atoms with Gasteiger partial charge in [-0.15, -0.1) is 0 Å². The third-order valence-electron chi connectivity index (χ3n) is 5.95. The van der Waals surface area contributed by atoms with Crippen LogP contribution in [0.2, 0.25) is 0 Å². The van der Waals surface area contributed by atoms with Gasteiger partial charge in [-0.05, 0) is 38.1 Å². The predicted octanol–water partition coefficient (Wildman–Crippen LogP) is 3.33. The largest absolute Gasteiger partial charge is 0.496 e. The van der Waals surface area contributed by atoms with Crippen LogP contribution in [0.3, 0.4) is 0 Å². The molecule has 0 saturated carbocycles. The molecule has 0 saturated heterocycles. The first-order chi connectivity index (χ1) is 16.9. The molecule has 0 bridgehead atoms. The van der Waals surface area contributed by atoms with Gasteiger partial charge in [-0.3, -0.25) is 9.59 Å². The minimum Gasteiger partial charge on any atom is -0.496 e. The number of rotatable bonds is 8. The van der Waals surface area contributed by atoms with Gasteiger partial charge in [-0.25, -0.2) is 4.98 Å². The van der Waals surface area contributed by atoms with E-state index in [1.807, 2.05) is 26.0 Å². The van der Waals surface area contributed by atoms with Crippen molar-refractivity contribution in [1.29, 1.82) is 0 Å². The van der Waals surface area contributed by atoms with Crippen molar-refractivity contribution >= 4 is 22.9 Å². The zero-order valence-electron chi connectivity index (χ0n) is 20.5. The maximum Gasteiger partial charge on any atom is 0.258 e. The van der Waals surface area contributed by atoms with Crippen LogP contribution in [0.5, 0.6) is 23.0 Å². The maximum absolute atomic E-state index is 13.0. The van der Waals surface area contributed by atoms with Crippen molar-refractivity contribution in [3.63, 3.8) is 0 Å². The Labute approximate surface area is 203 Å². The average molecular weight is 480 g/mol. The number of nitrogens with one attached hydrogen (secondary N) is 1. The Hall–Kier alpha value is -4.01. The molecule has 2 aromatic carbocycles. The molecule has 1 aliphatic rings. The highest BCUT2D eigenvalue weighted by molar-refractivity contribution is 5.92. The molecule has 1 N–H and O–H groups in total. The van der Waals surface area contributed by atoms with Crippen molar-refractivity contribution in [2.24, 2.45) is 0 Å². The summed E-state index contributed by atoms with van der Waals surface area (Å²) < 4.78 is 21.9. The molecule has 9 nitrogen and oxygen atoms in total. The number of H-pyrrole nitrogens is 1. The molecule has 1 atom stereocenters. The summed E-state index contributed by atoms with van der Waals surface area (Å²) in [4.78, 5) is 34.5. The van der Waals surface area contributed by atoms with E-state index in [2.05, 4.69) is 9.97 Å². The Morgan fingerprint density at radius 3 is 2.54 bits per heavy atom. The second-order valence-corrected chi connectivity index (χ2v) is 8.26. The molecule has 2 heterocycles. The molecule has 0 spiro atoms. The normalized spacial score (nSPS) is 14.6. The van der Waals surface area contributed by atoms with Crippen molar-refractivity contribution in [3.8, 4) is 23.0 Å². The molecule has 184 valence electrons. The van der Waals surface area contributed by atoms with Crippen LogP contribution in [0.4, 0.5) is 0 Å². The van der Waals surface area contributed by atoms with Crippen LogP contribution >= 0.6 is 0 Å². The fourth-order valence-corrected chi connectivity index (χ4v) is 4.14. The van der Waals surface area contributed by atoms with Crippen LogP contribution in [-0.4, -0.2) is 54.8 Å².